The molecule has 0 bridgehead atoms. The first-order valence-corrected chi connectivity index (χ1v) is 7.14. The van der Waals surface area contributed by atoms with Gasteiger partial charge in [0, 0.05) is 6.42 Å². The first kappa shape index (κ1) is 16.0. The van der Waals surface area contributed by atoms with Crippen molar-refractivity contribution in [1.82, 2.24) is 0 Å². The summed E-state index contributed by atoms with van der Waals surface area (Å²) in [5.74, 6) is 0. The van der Waals surface area contributed by atoms with Gasteiger partial charge < -0.3 is 0 Å². The summed E-state index contributed by atoms with van der Waals surface area (Å²) in [6, 6.07) is 12.7. The van der Waals surface area contributed by atoms with Crippen molar-refractivity contribution in [2.45, 2.75) is 39.5 Å². The normalized spacial score (nSPS) is 10.8. The highest BCUT2D eigenvalue weighted by Gasteiger charge is 2.13. The Balaban J connectivity index is 2.45. The van der Waals surface area contributed by atoms with Crippen LogP contribution in [0.25, 0.3) is 0 Å². The van der Waals surface area contributed by atoms with Crippen molar-refractivity contribution < 1.29 is 0 Å². The Morgan fingerprint density at radius 1 is 1.20 bits per heavy atom. The second-order valence-electron chi connectivity index (χ2n) is 5.61. The Hall–Kier alpha value is -2.03. The Bertz CT molecular complexity index is 508. The molecule has 1 aromatic rings. The monoisotopic (exact) mass is 265 g/mol. The van der Waals surface area contributed by atoms with E-state index in [0.29, 0.717) is 6.42 Å². The number of benzene rings is 1. The molecule has 1 nitrogen and oxygen atoms in total. The maximum atomic E-state index is 8.42. The van der Waals surface area contributed by atoms with Gasteiger partial charge in [0.2, 0.25) is 0 Å². The lowest BCUT2D eigenvalue weighted by Crippen LogP contribution is -2.10. The van der Waals surface area contributed by atoms with Crippen LogP contribution in [0.4, 0.5) is 0 Å². The van der Waals surface area contributed by atoms with Gasteiger partial charge in [-0.2, -0.15) is 5.26 Å². The number of unbranched alkanes of at least 4 members (excludes halogenated alkanes) is 2. The van der Waals surface area contributed by atoms with Crippen molar-refractivity contribution in [2.75, 3.05) is 0 Å². The van der Waals surface area contributed by atoms with E-state index in [1.165, 1.54) is 5.56 Å². The van der Waals surface area contributed by atoms with E-state index in [1.54, 1.807) is 0 Å². The minimum atomic E-state index is 0.104. The molecule has 0 heterocycles. The van der Waals surface area contributed by atoms with Gasteiger partial charge in [-0.3, -0.25) is 0 Å². The highest BCUT2D eigenvalue weighted by atomic mass is 14.2. The molecular formula is C19H23N. The summed E-state index contributed by atoms with van der Waals surface area (Å²) < 4.78 is 0. The molecular weight excluding hydrogens is 242 g/mol. The predicted octanol–water partition coefficient (Wildman–Crippen LogP) is 5.22. The molecule has 0 spiro atoms. The summed E-state index contributed by atoms with van der Waals surface area (Å²) in [6.07, 6.45) is 11.7. The van der Waals surface area contributed by atoms with Crippen LogP contribution in [0.5, 0.6) is 0 Å². The number of hydrogen-bond donors (Lipinski definition) is 0. The molecule has 0 saturated carbocycles. The summed E-state index contributed by atoms with van der Waals surface area (Å²) in [6.45, 7) is 4.44. The zero-order valence-corrected chi connectivity index (χ0v) is 12.5. The molecule has 1 heteroatoms. The van der Waals surface area contributed by atoms with Gasteiger partial charge in [0.05, 0.1) is 6.07 Å². The molecule has 0 N–H and O–H groups in total. The van der Waals surface area contributed by atoms with E-state index in [9.17, 15) is 0 Å². The van der Waals surface area contributed by atoms with Crippen LogP contribution in [0.1, 0.15) is 38.7 Å². The van der Waals surface area contributed by atoms with E-state index in [4.69, 9.17) is 5.26 Å². The molecule has 0 atom stereocenters. The minimum absolute atomic E-state index is 0.104. The Morgan fingerprint density at radius 2 is 1.95 bits per heavy atom. The SMILES string of the molecule is CC(C)(C=C=C/C=C/CCCC#N)Cc1ccccc1. The van der Waals surface area contributed by atoms with Crippen LogP contribution >= 0.6 is 0 Å². The zero-order chi connectivity index (χ0) is 14.7. The van der Waals surface area contributed by atoms with Crippen molar-refractivity contribution in [3.63, 3.8) is 0 Å². The molecule has 0 aliphatic carbocycles. The molecule has 1 rings (SSSR count). The summed E-state index contributed by atoms with van der Waals surface area (Å²) in [4.78, 5) is 0. The third-order valence-electron chi connectivity index (χ3n) is 2.96. The molecule has 0 amide bonds. The van der Waals surface area contributed by atoms with Crippen LogP contribution in [0.3, 0.4) is 0 Å². The van der Waals surface area contributed by atoms with Crippen LogP contribution < -0.4 is 0 Å². The molecule has 20 heavy (non-hydrogen) atoms. The van der Waals surface area contributed by atoms with Crippen molar-refractivity contribution in [3.05, 3.63) is 65.9 Å². The molecule has 0 aliphatic heterocycles. The number of rotatable bonds is 7. The molecule has 0 aromatic heterocycles. The molecule has 104 valence electrons. The van der Waals surface area contributed by atoms with E-state index in [1.807, 2.05) is 18.2 Å². The van der Waals surface area contributed by atoms with Crippen LogP contribution in [-0.2, 0) is 6.42 Å². The number of nitrogens with zero attached hydrogens (tertiary/aromatic N) is 1. The van der Waals surface area contributed by atoms with Crippen molar-refractivity contribution >= 4 is 0 Å². The molecule has 1 aromatic carbocycles. The summed E-state index contributed by atoms with van der Waals surface area (Å²) in [5, 5.41) is 8.42. The Morgan fingerprint density at radius 3 is 2.65 bits per heavy atom. The summed E-state index contributed by atoms with van der Waals surface area (Å²) in [5.41, 5.74) is 4.69. The van der Waals surface area contributed by atoms with Gasteiger partial charge in [-0.05, 0) is 42.4 Å². The van der Waals surface area contributed by atoms with Gasteiger partial charge in [0.25, 0.3) is 0 Å². The smallest absolute Gasteiger partial charge is 0.0621 e. The van der Waals surface area contributed by atoms with E-state index in [2.05, 4.69) is 62.1 Å². The first-order chi connectivity index (χ1) is 9.64. The molecule has 0 aliphatic rings. The second kappa shape index (κ2) is 8.97. The van der Waals surface area contributed by atoms with Crippen molar-refractivity contribution in [3.8, 4) is 6.07 Å². The van der Waals surface area contributed by atoms with E-state index in [-0.39, 0.29) is 5.41 Å². The van der Waals surface area contributed by atoms with Crippen LogP contribution in [0.2, 0.25) is 0 Å². The van der Waals surface area contributed by atoms with Gasteiger partial charge >= 0.3 is 0 Å². The highest BCUT2D eigenvalue weighted by Crippen LogP contribution is 2.22. The summed E-state index contributed by atoms with van der Waals surface area (Å²) >= 11 is 0. The minimum Gasteiger partial charge on any atom is -0.198 e. The third kappa shape index (κ3) is 7.41. The van der Waals surface area contributed by atoms with Gasteiger partial charge in [-0.15, -0.1) is 5.73 Å². The van der Waals surface area contributed by atoms with Gasteiger partial charge in [-0.1, -0.05) is 56.3 Å². The Labute approximate surface area is 122 Å². The fourth-order valence-corrected chi connectivity index (χ4v) is 1.97. The average Bonchev–Trinajstić information content (AvgIpc) is 2.42. The molecule has 0 fully saturated rings. The van der Waals surface area contributed by atoms with Gasteiger partial charge in [0.1, 0.15) is 0 Å². The first-order valence-electron chi connectivity index (χ1n) is 7.14. The standard InChI is InChI=1S/C19H23N/c1-19(2,17-18-13-9-8-10-14-18)15-11-6-4-3-5-7-12-16-20/h3-4,6,8-10,13-15H,5,7,12,17H2,1-2H3/b4-3+. The third-order valence-corrected chi connectivity index (χ3v) is 2.96. The topological polar surface area (TPSA) is 23.8 Å². The lowest BCUT2D eigenvalue weighted by molar-refractivity contribution is 0.478. The largest absolute Gasteiger partial charge is 0.198 e. The van der Waals surface area contributed by atoms with Crippen molar-refractivity contribution in [2.24, 2.45) is 5.41 Å². The van der Waals surface area contributed by atoms with Gasteiger partial charge in [-0.25, -0.2) is 0 Å². The average molecular weight is 265 g/mol. The van der Waals surface area contributed by atoms with Gasteiger partial charge in [0.15, 0.2) is 0 Å². The number of hydrogen-bond acceptors (Lipinski definition) is 1. The Kier molecular flexibility index (Phi) is 7.18. The zero-order valence-electron chi connectivity index (χ0n) is 12.5. The summed E-state index contributed by atoms with van der Waals surface area (Å²) in [7, 11) is 0. The predicted molar refractivity (Wildman–Crippen MR) is 85.2 cm³/mol. The van der Waals surface area contributed by atoms with E-state index < -0.39 is 0 Å². The maximum absolute atomic E-state index is 8.42. The quantitative estimate of drug-likeness (QED) is 0.377. The van der Waals surface area contributed by atoms with Crippen molar-refractivity contribution in [1.29, 1.82) is 5.26 Å². The number of allylic oxidation sites excluding steroid dienone is 3. The fraction of sp³-hybridized carbons (Fsp3) is 0.368. The lowest BCUT2D eigenvalue weighted by Gasteiger charge is -2.18. The number of nitriles is 1. The van der Waals surface area contributed by atoms with E-state index >= 15 is 0 Å². The van der Waals surface area contributed by atoms with Crippen LogP contribution in [0, 0.1) is 16.7 Å². The molecule has 0 saturated heterocycles. The van der Waals surface area contributed by atoms with Crippen LogP contribution in [-0.4, -0.2) is 0 Å². The van der Waals surface area contributed by atoms with Crippen LogP contribution in [0.15, 0.2) is 60.4 Å². The molecule has 0 radical (unpaired) electrons. The maximum Gasteiger partial charge on any atom is 0.0621 e. The second-order valence-corrected chi connectivity index (χ2v) is 5.61. The lowest BCUT2D eigenvalue weighted by atomic mass is 9.86. The molecule has 0 unspecified atom stereocenters. The fourth-order valence-electron chi connectivity index (χ4n) is 1.97. The van der Waals surface area contributed by atoms with E-state index in [0.717, 1.165) is 19.3 Å². The highest BCUT2D eigenvalue weighted by molar-refractivity contribution is 5.18.